The molecule has 0 saturated carbocycles. The Morgan fingerprint density at radius 2 is 1.82 bits per heavy atom. The van der Waals surface area contributed by atoms with Crippen LogP contribution >= 0.6 is 0 Å². The van der Waals surface area contributed by atoms with Crippen LogP contribution in [0.4, 0.5) is 17.3 Å². The number of hydrogen-bond acceptors (Lipinski definition) is 5. The Labute approximate surface area is 99.7 Å². The molecule has 5 nitrogen and oxygen atoms in total. The van der Waals surface area contributed by atoms with Gasteiger partial charge in [-0.2, -0.15) is 0 Å². The second-order valence-electron chi connectivity index (χ2n) is 3.42. The Kier molecular flexibility index (Phi) is 3.40. The number of benzene rings is 1. The summed E-state index contributed by atoms with van der Waals surface area (Å²) >= 11 is 0. The Hall–Kier alpha value is -2.30. The molecular formula is C12H14N4O. The fraction of sp³-hybridized carbons (Fsp3) is 0.167. The van der Waals surface area contributed by atoms with E-state index in [-0.39, 0.29) is 0 Å². The predicted octanol–water partition coefficient (Wildman–Crippen LogP) is 2.20. The van der Waals surface area contributed by atoms with Crippen LogP contribution in [0.2, 0.25) is 0 Å². The predicted molar refractivity (Wildman–Crippen MR) is 67.3 cm³/mol. The van der Waals surface area contributed by atoms with E-state index in [1.54, 1.807) is 12.4 Å². The SMILES string of the molecule is CCOc1ccc(Nc2ncc(N)cn2)cc1. The van der Waals surface area contributed by atoms with E-state index in [0.717, 1.165) is 11.4 Å². The number of rotatable bonds is 4. The summed E-state index contributed by atoms with van der Waals surface area (Å²) in [5.74, 6) is 1.36. The largest absolute Gasteiger partial charge is 0.494 e. The first-order valence-electron chi connectivity index (χ1n) is 5.35. The summed E-state index contributed by atoms with van der Waals surface area (Å²) in [6, 6.07) is 7.60. The van der Waals surface area contributed by atoms with Crippen LogP contribution in [0, 0.1) is 0 Å². The van der Waals surface area contributed by atoms with Crippen LogP contribution in [0.1, 0.15) is 6.92 Å². The van der Waals surface area contributed by atoms with Gasteiger partial charge in [0.2, 0.25) is 5.95 Å². The minimum Gasteiger partial charge on any atom is -0.494 e. The molecule has 17 heavy (non-hydrogen) atoms. The van der Waals surface area contributed by atoms with E-state index in [4.69, 9.17) is 10.5 Å². The van der Waals surface area contributed by atoms with Crippen LogP contribution in [-0.2, 0) is 0 Å². The molecule has 0 atom stereocenters. The Balaban J connectivity index is 2.05. The van der Waals surface area contributed by atoms with Crippen molar-refractivity contribution in [3.05, 3.63) is 36.7 Å². The lowest BCUT2D eigenvalue weighted by molar-refractivity contribution is 0.340. The zero-order chi connectivity index (χ0) is 12.1. The first-order chi connectivity index (χ1) is 8.28. The molecule has 0 aliphatic carbocycles. The molecule has 0 amide bonds. The lowest BCUT2D eigenvalue weighted by atomic mass is 10.3. The topological polar surface area (TPSA) is 73.1 Å². The van der Waals surface area contributed by atoms with E-state index in [1.165, 1.54) is 0 Å². The highest BCUT2D eigenvalue weighted by Crippen LogP contribution is 2.18. The minimum atomic E-state index is 0.517. The third-order valence-electron chi connectivity index (χ3n) is 2.09. The van der Waals surface area contributed by atoms with Crippen molar-refractivity contribution >= 4 is 17.3 Å². The lowest BCUT2D eigenvalue weighted by Gasteiger charge is -2.06. The zero-order valence-electron chi connectivity index (χ0n) is 9.55. The summed E-state index contributed by atoms with van der Waals surface area (Å²) in [5.41, 5.74) is 6.95. The molecule has 0 aliphatic heterocycles. The van der Waals surface area contributed by atoms with Gasteiger partial charge in [-0.3, -0.25) is 0 Å². The van der Waals surface area contributed by atoms with E-state index in [2.05, 4.69) is 15.3 Å². The molecule has 88 valence electrons. The second kappa shape index (κ2) is 5.16. The summed E-state index contributed by atoms with van der Waals surface area (Å²) in [5, 5.41) is 3.07. The molecule has 0 saturated heterocycles. The zero-order valence-corrected chi connectivity index (χ0v) is 9.55. The third-order valence-corrected chi connectivity index (χ3v) is 2.09. The third kappa shape index (κ3) is 3.07. The van der Waals surface area contributed by atoms with Crippen LogP contribution in [0.5, 0.6) is 5.75 Å². The van der Waals surface area contributed by atoms with Crippen molar-refractivity contribution < 1.29 is 4.74 Å². The standard InChI is InChI=1S/C12H14N4O/c1-2-17-11-5-3-10(4-6-11)16-12-14-7-9(13)8-15-12/h3-8H,2,13H2,1H3,(H,14,15,16). The van der Waals surface area contributed by atoms with Crippen LogP contribution < -0.4 is 15.8 Å². The maximum Gasteiger partial charge on any atom is 0.227 e. The molecule has 0 aliphatic rings. The van der Waals surface area contributed by atoms with Crippen molar-refractivity contribution in [3.8, 4) is 5.75 Å². The van der Waals surface area contributed by atoms with Gasteiger partial charge in [0.25, 0.3) is 0 Å². The fourth-order valence-electron chi connectivity index (χ4n) is 1.33. The number of nitrogens with two attached hydrogens (primary N) is 1. The van der Waals surface area contributed by atoms with Gasteiger partial charge in [-0.1, -0.05) is 0 Å². The molecule has 0 bridgehead atoms. The molecule has 5 heteroatoms. The summed E-state index contributed by atoms with van der Waals surface area (Å²) in [6.45, 7) is 2.61. The number of nitrogens with one attached hydrogen (secondary N) is 1. The quantitative estimate of drug-likeness (QED) is 0.842. The van der Waals surface area contributed by atoms with Gasteiger partial charge in [0.1, 0.15) is 5.75 Å². The molecule has 3 N–H and O–H groups in total. The van der Waals surface area contributed by atoms with Gasteiger partial charge in [0.05, 0.1) is 24.7 Å². The highest BCUT2D eigenvalue weighted by atomic mass is 16.5. The summed E-state index contributed by atoms with van der Waals surface area (Å²) in [7, 11) is 0. The summed E-state index contributed by atoms with van der Waals surface area (Å²) in [6.07, 6.45) is 3.12. The van der Waals surface area contributed by atoms with E-state index >= 15 is 0 Å². The molecule has 0 fully saturated rings. The van der Waals surface area contributed by atoms with Gasteiger partial charge in [0.15, 0.2) is 0 Å². The van der Waals surface area contributed by atoms with Crippen molar-refractivity contribution in [3.63, 3.8) is 0 Å². The lowest BCUT2D eigenvalue weighted by Crippen LogP contribution is -1.98. The molecule has 2 aromatic rings. The van der Waals surface area contributed by atoms with E-state index in [1.807, 2.05) is 31.2 Å². The van der Waals surface area contributed by atoms with E-state index < -0.39 is 0 Å². The Morgan fingerprint density at radius 3 is 2.41 bits per heavy atom. The van der Waals surface area contributed by atoms with Crippen LogP contribution in [0.3, 0.4) is 0 Å². The average Bonchev–Trinajstić information content (AvgIpc) is 2.35. The second-order valence-corrected chi connectivity index (χ2v) is 3.42. The molecule has 2 rings (SSSR count). The maximum absolute atomic E-state index is 5.50. The number of anilines is 3. The molecule has 0 radical (unpaired) electrons. The molecule has 1 heterocycles. The molecule has 0 spiro atoms. The van der Waals surface area contributed by atoms with Crippen molar-refractivity contribution in [1.82, 2.24) is 9.97 Å². The first kappa shape index (κ1) is 11.2. The van der Waals surface area contributed by atoms with Gasteiger partial charge >= 0.3 is 0 Å². The summed E-state index contributed by atoms with van der Waals surface area (Å²) < 4.78 is 5.35. The smallest absolute Gasteiger partial charge is 0.227 e. The Morgan fingerprint density at radius 1 is 1.18 bits per heavy atom. The van der Waals surface area contributed by atoms with Gasteiger partial charge in [-0.25, -0.2) is 9.97 Å². The number of aromatic nitrogens is 2. The average molecular weight is 230 g/mol. The minimum absolute atomic E-state index is 0.517. The fourth-order valence-corrected chi connectivity index (χ4v) is 1.33. The Bertz CT molecular complexity index is 467. The molecule has 1 aromatic carbocycles. The molecule has 0 unspecified atom stereocenters. The van der Waals surface area contributed by atoms with E-state index in [0.29, 0.717) is 18.2 Å². The molecular weight excluding hydrogens is 216 g/mol. The van der Waals surface area contributed by atoms with Crippen molar-refractivity contribution in [1.29, 1.82) is 0 Å². The van der Waals surface area contributed by atoms with Crippen LogP contribution in [0.25, 0.3) is 0 Å². The van der Waals surface area contributed by atoms with Gasteiger partial charge in [-0.15, -0.1) is 0 Å². The monoisotopic (exact) mass is 230 g/mol. The number of nitrogen functional groups attached to an aromatic ring is 1. The number of nitrogens with zero attached hydrogens (tertiary/aromatic N) is 2. The van der Waals surface area contributed by atoms with Gasteiger partial charge < -0.3 is 15.8 Å². The molecule has 1 aromatic heterocycles. The van der Waals surface area contributed by atoms with Crippen molar-refractivity contribution in [2.45, 2.75) is 6.92 Å². The van der Waals surface area contributed by atoms with Gasteiger partial charge in [0, 0.05) is 5.69 Å². The highest BCUT2D eigenvalue weighted by molar-refractivity contribution is 5.54. The number of hydrogen-bond donors (Lipinski definition) is 2. The van der Waals surface area contributed by atoms with Crippen molar-refractivity contribution in [2.75, 3.05) is 17.7 Å². The first-order valence-corrected chi connectivity index (χ1v) is 5.35. The number of ether oxygens (including phenoxy) is 1. The summed E-state index contributed by atoms with van der Waals surface area (Å²) in [4.78, 5) is 8.11. The van der Waals surface area contributed by atoms with Gasteiger partial charge in [-0.05, 0) is 31.2 Å². The van der Waals surface area contributed by atoms with E-state index in [9.17, 15) is 0 Å². The maximum atomic E-state index is 5.50. The van der Waals surface area contributed by atoms with Crippen LogP contribution in [-0.4, -0.2) is 16.6 Å². The van der Waals surface area contributed by atoms with Crippen LogP contribution in [0.15, 0.2) is 36.7 Å². The van der Waals surface area contributed by atoms with Crippen molar-refractivity contribution in [2.24, 2.45) is 0 Å². The normalized spacial score (nSPS) is 9.94. The highest BCUT2D eigenvalue weighted by Gasteiger charge is 1.98.